The maximum atomic E-state index is 4.79. The Morgan fingerprint density at radius 3 is 2.14 bits per heavy atom. The van der Waals surface area contributed by atoms with Crippen molar-refractivity contribution in [3.05, 3.63) is 128 Å². The molecule has 0 bridgehead atoms. The van der Waals surface area contributed by atoms with Crippen LogP contribution in [-0.4, -0.2) is 24.3 Å². The highest BCUT2D eigenvalue weighted by atomic mass is 14.9. The standard InChI is InChI=1S/C38H21N5/c1-2-9-32-27(8-1)30-19-24(26-13-17-40-36-28(26)12-11-22-7-4-14-39-35(22)36)20-31-29-21-25(38-41-15-5-16-42-38)18-23-6-3-10-33(34(23)29)43(32)37(30)31/h1-21H. The fraction of sp³-hybridized carbons (Fsp3) is 0. The minimum atomic E-state index is 0.726. The van der Waals surface area contributed by atoms with Crippen LogP contribution in [0.4, 0.5) is 0 Å². The van der Waals surface area contributed by atoms with Gasteiger partial charge in [0, 0.05) is 62.7 Å². The number of hydrogen-bond acceptors (Lipinski definition) is 4. The lowest BCUT2D eigenvalue weighted by molar-refractivity contribution is 1.18. The SMILES string of the molecule is c1cnc(-c2cc3cccc4c3c(c2)c2cc(-c3ccnc5c3ccc3cccnc35)cc3c5ccccc5n4c23)nc1. The van der Waals surface area contributed by atoms with E-state index < -0.39 is 0 Å². The van der Waals surface area contributed by atoms with Gasteiger partial charge in [-0.15, -0.1) is 0 Å². The highest BCUT2D eigenvalue weighted by Gasteiger charge is 2.20. The van der Waals surface area contributed by atoms with Crippen molar-refractivity contribution >= 4 is 70.7 Å². The van der Waals surface area contributed by atoms with Gasteiger partial charge in [0.15, 0.2) is 5.82 Å². The molecule has 5 aromatic carbocycles. The Balaban J connectivity index is 1.41. The second-order valence-electron chi connectivity index (χ2n) is 11.1. The molecule has 0 atom stereocenters. The van der Waals surface area contributed by atoms with Crippen molar-refractivity contribution in [3.63, 3.8) is 0 Å². The second kappa shape index (κ2) is 8.30. The average Bonchev–Trinajstić information content (AvgIpc) is 3.41. The van der Waals surface area contributed by atoms with E-state index in [1.54, 1.807) is 12.4 Å². The van der Waals surface area contributed by atoms with Gasteiger partial charge in [-0.05, 0) is 76.5 Å². The van der Waals surface area contributed by atoms with E-state index in [1.165, 1.54) is 48.9 Å². The molecule has 0 unspecified atom stereocenters. The van der Waals surface area contributed by atoms with E-state index in [2.05, 4.69) is 105 Å². The van der Waals surface area contributed by atoms with E-state index >= 15 is 0 Å². The predicted molar refractivity (Wildman–Crippen MR) is 176 cm³/mol. The van der Waals surface area contributed by atoms with Crippen molar-refractivity contribution in [3.8, 4) is 22.5 Å². The molecule has 10 aromatic rings. The number of rotatable bonds is 2. The number of pyridine rings is 3. The van der Waals surface area contributed by atoms with Crippen LogP contribution in [0.2, 0.25) is 0 Å². The monoisotopic (exact) mass is 547 g/mol. The smallest absolute Gasteiger partial charge is 0.159 e. The molecule has 5 heterocycles. The molecule has 0 aliphatic carbocycles. The molecule has 0 fully saturated rings. The van der Waals surface area contributed by atoms with Crippen molar-refractivity contribution in [2.24, 2.45) is 0 Å². The zero-order valence-electron chi connectivity index (χ0n) is 22.9. The molecule has 5 aromatic heterocycles. The Kier molecular flexibility index (Phi) is 4.39. The van der Waals surface area contributed by atoms with Gasteiger partial charge >= 0.3 is 0 Å². The van der Waals surface area contributed by atoms with E-state index in [9.17, 15) is 0 Å². The number of fused-ring (bicyclic) bond motifs is 8. The third-order valence-corrected chi connectivity index (χ3v) is 8.87. The third kappa shape index (κ3) is 3.05. The maximum Gasteiger partial charge on any atom is 0.159 e. The number of aromatic nitrogens is 5. The molecule has 0 spiro atoms. The molecular weight excluding hydrogens is 526 g/mol. The van der Waals surface area contributed by atoms with Crippen LogP contribution in [0.15, 0.2) is 128 Å². The maximum absolute atomic E-state index is 4.79. The van der Waals surface area contributed by atoms with Crippen LogP contribution in [0.3, 0.4) is 0 Å². The van der Waals surface area contributed by atoms with Gasteiger partial charge in [-0.3, -0.25) is 9.97 Å². The summed E-state index contributed by atoms with van der Waals surface area (Å²) in [5.74, 6) is 0.726. The van der Waals surface area contributed by atoms with Crippen molar-refractivity contribution in [1.82, 2.24) is 24.3 Å². The van der Waals surface area contributed by atoms with Gasteiger partial charge in [0.05, 0.1) is 27.6 Å². The molecule has 0 amide bonds. The highest BCUT2D eigenvalue weighted by molar-refractivity contribution is 6.28. The molecule has 0 aliphatic rings. The molecule has 0 radical (unpaired) electrons. The lowest BCUT2D eigenvalue weighted by Crippen LogP contribution is -1.95. The molecular formula is C38H21N5. The van der Waals surface area contributed by atoms with Crippen LogP contribution >= 0.6 is 0 Å². The van der Waals surface area contributed by atoms with E-state index in [-0.39, 0.29) is 0 Å². The molecule has 0 saturated carbocycles. The average molecular weight is 548 g/mol. The van der Waals surface area contributed by atoms with E-state index in [0.29, 0.717) is 0 Å². The molecule has 43 heavy (non-hydrogen) atoms. The zero-order chi connectivity index (χ0) is 28.1. The lowest BCUT2D eigenvalue weighted by atomic mass is 9.93. The summed E-state index contributed by atoms with van der Waals surface area (Å²) in [5.41, 5.74) is 8.78. The zero-order valence-corrected chi connectivity index (χ0v) is 22.9. The van der Waals surface area contributed by atoms with Crippen molar-refractivity contribution < 1.29 is 0 Å². The summed E-state index contributed by atoms with van der Waals surface area (Å²) in [5, 5.41) is 9.47. The largest absolute Gasteiger partial charge is 0.308 e. The van der Waals surface area contributed by atoms with E-state index in [0.717, 1.165) is 44.3 Å². The lowest BCUT2D eigenvalue weighted by Gasteiger charge is -2.16. The highest BCUT2D eigenvalue weighted by Crippen LogP contribution is 2.44. The fourth-order valence-corrected chi connectivity index (χ4v) is 7.10. The fourth-order valence-electron chi connectivity index (χ4n) is 7.10. The number of hydrogen-bond donors (Lipinski definition) is 0. The molecule has 0 aliphatic heterocycles. The third-order valence-electron chi connectivity index (χ3n) is 8.87. The number of para-hydroxylation sites is 1. The number of nitrogens with zero attached hydrogens (tertiary/aromatic N) is 5. The number of benzene rings is 5. The van der Waals surface area contributed by atoms with Gasteiger partial charge in [0.1, 0.15) is 0 Å². The topological polar surface area (TPSA) is 56.0 Å². The first-order valence-electron chi connectivity index (χ1n) is 14.4. The van der Waals surface area contributed by atoms with Crippen molar-refractivity contribution in [2.75, 3.05) is 0 Å². The minimum absolute atomic E-state index is 0.726. The Labute approximate surface area is 245 Å². The minimum Gasteiger partial charge on any atom is -0.308 e. The van der Waals surface area contributed by atoms with Crippen molar-refractivity contribution in [1.29, 1.82) is 0 Å². The van der Waals surface area contributed by atoms with E-state index in [1.807, 2.05) is 24.5 Å². The van der Waals surface area contributed by atoms with Crippen LogP contribution in [0.1, 0.15) is 0 Å². The van der Waals surface area contributed by atoms with Gasteiger partial charge in [-0.2, -0.15) is 0 Å². The Bertz CT molecular complexity index is 2730. The van der Waals surface area contributed by atoms with Crippen LogP contribution in [0.25, 0.3) is 93.2 Å². The summed E-state index contributed by atoms with van der Waals surface area (Å²) in [6.45, 7) is 0. The summed E-state index contributed by atoms with van der Waals surface area (Å²) >= 11 is 0. The normalized spacial score (nSPS) is 12.2. The van der Waals surface area contributed by atoms with Gasteiger partial charge in [-0.1, -0.05) is 48.5 Å². The van der Waals surface area contributed by atoms with Gasteiger partial charge in [0.25, 0.3) is 0 Å². The van der Waals surface area contributed by atoms with Gasteiger partial charge < -0.3 is 4.40 Å². The molecule has 0 saturated heterocycles. The predicted octanol–water partition coefficient (Wildman–Crippen LogP) is 9.21. The van der Waals surface area contributed by atoms with Crippen LogP contribution in [-0.2, 0) is 0 Å². The Morgan fingerprint density at radius 1 is 0.442 bits per heavy atom. The van der Waals surface area contributed by atoms with Gasteiger partial charge in [-0.25, -0.2) is 9.97 Å². The summed E-state index contributed by atoms with van der Waals surface area (Å²) in [4.78, 5) is 18.7. The molecule has 5 nitrogen and oxygen atoms in total. The Morgan fingerprint density at radius 2 is 1.21 bits per heavy atom. The summed E-state index contributed by atoms with van der Waals surface area (Å²) in [6.07, 6.45) is 7.36. The van der Waals surface area contributed by atoms with E-state index in [4.69, 9.17) is 9.97 Å². The molecule has 0 N–H and O–H groups in total. The quantitative estimate of drug-likeness (QED) is 0.160. The first kappa shape index (κ1) is 22.7. The summed E-state index contributed by atoms with van der Waals surface area (Å²) < 4.78 is 2.44. The van der Waals surface area contributed by atoms with Gasteiger partial charge in [0.2, 0.25) is 0 Å². The summed E-state index contributed by atoms with van der Waals surface area (Å²) in [6, 6.07) is 36.9. The first-order valence-corrected chi connectivity index (χ1v) is 14.4. The Hall–Kier alpha value is -5.94. The van der Waals surface area contributed by atoms with Crippen molar-refractivity contribution in [2.45, 2.75) is 0 Å². The molecule has 198 valence electrons. The van der Waals surface area contributed by atoms with Crippen LogP contribution in [0.5, 0.6) is 0 Å². The van der Waals surface area contributed by atoms with Crippen LogP contribution in [0, 0.1) is 0 Å². The summed E-state index contributed by atoms with van der Waals surface area (Å²) in [7, 11) is 0. The molecule has 10 rings (SSSR count). The second-order valence-corrected chi connectivity index (χ2v) is 11.1. The van der Waals surface area contributed by atoms with Crippen LogP contribution < -0.4 is 0 Å². The molecule has 5 heteroatoms. The first-order chi connectivity index (χ1) is 21.3.